The van der Waals surface area contributed by atoms with Crippen LogP contribution in [0.1, 0.15) is 27.3 Å². The van der Waals surface area contributed by atoms with Crippen molar-refractivity contribution in [3.05, 3.63) is 34.5 Å². The van der Waals surface area contributed by atoms with Crippen molar-refractivity contribution in [3.8, 4) is 0 Å². The Bertz CT molecular complexity index is 693. The lowest BCUT2D eigenvalue weighted by Crippen LogP contribution is -2.30. The number of ether oxygens (including phenoxy) is 1. The van der Waals surface area contributed by atoms with E-state index in [1.807, 2.05) is 30.8 Å². The molecule has 0 unspecified atom stereocenters. The molecule has 0 saturated heterocycles. The summed E-state index contributed by atoms with van der Waals surface area (Å²) >= 11 is 6.74. The van der Waals surface area contributed by atoms with E-state index in [0.29, 0.717) is 15.7 Å². The normalized spacial score (nSPS) is 10.4. The van der Waals surface area contributed by atoms with Crippen molar-refractivity contribution < 1.29 is 9.53 Å². The minimum absolute atomic E-state index is 0.367. The summed E-state index contributed by atoms with van der Waals surface area (Å²) in [5, 5.41) is 11.7. The average Bonchev–Trinajstić information content (AvgIpc) is 3.08. The molecule has 6 nitrogen and oxygen atoms in total. The molecule has 0 atom stereocenters. The van der Waals surface area contributed by atoms with Crippen LogP contribution in [-0.4, -0.2) is 34.5 Å². The van der Waals surface area contributed by atoms with Crippen LogP contribution in [-0.2, 0) is 11.3 Å². The summed E-state index contributed by atoms with van der Waals surface area (Å²) in [4.78, 5) is 12.7. The number of carbonyl (C=O) groups is 1. The second-order valence-electron chi connectivity index (χ2n) is 5.05. The summed E-state index contributed by atoms with van der Waals surface area (Å²) in [5.74, 6) is -0.367. The SMILES string of the molecule is COC(=O)c1cc(C)sc1NC(=S)NCCCn1ccc(C)n1. The summed E-state index contributed by atoms with van der Waals surface area (Å²) in [6.45, 7) is 5.46. The van der Waals surface area contributed by atoms with Gasteiger partial charge in [0.05, 0.1) is 18.4 Å². The number of anilines is 1. The van der Waals surface area contributed by atoms with Crippen molar-refractivity contribution in [1.29, 1.82) is 0 Å². The fraction of sp³-hybridized carbons (Fsp3) is 0.400. The predicted molar refractivity (Wildman–Crippen MR) is 96.2 cm³/mol. The first kappa shape index (κ1) is 17.4. The standard InChI is InChI=1S/C15H20N4O2S2/c1-10-5-8-19(18-10)7-4-6-16-15(22)17-13-12(14(20)21-3)9-11(2)23-13/h5,8-9H,4,6-7H2,1-3H3,(H2,16,17,22). The number of carbonyl (C=O) groups excluding carboxylic acids is 1. The van der Waals surface area contributed by atoms with Crippen molar-refractivity contribution in [1.82, 2.24) is 15.1 Å². The van der Waals surface area contributed by atoms with Crippen molar-refractivity contribution in [2.45, 2.75) is 26.8 Å². The Morgan fingerprint density at radius 2 is 2.26 bits per heavy atom. The minimum Gasteiger partial charge on any atom is -0.465 e. The number of methoxy groups -OCH3 is 1. The molecule has 0 saturated carbocycles. The van der Waals surface area contributed by atoms with Gasteiger partial charge in [0.2, 0.25) is 0 Å². The highest BCUT2D eigenvalue weighted by Crippen LogP contribution is 2.28. The monoisotopic (exact) mass is 352 g/mol. The molecule has 0 aromatic carbocycles. The number of hydrogen-bond acceptors (Lipinski definition) is 5. The van der Waals surface area contributed by atoms with Gasteiger partial charge in [0.15, 0.2) is 5.11 Å². The fourth-order valence-electron chi connectivity index (χ4n) is 2.05. The van der Waals surface area contributed by atoms with Crippen LogP contribution in [0.5, 0.6) is 0 Å². The topological polar surface area (TPSA) is 68.2 Å². The van der Waals surface area contributed by atoms with Crippen molar-refractivity contribution in [2.75, 3.05) is 19.0 Å². The van der Waals surface area contributed by atoms with Crippen LogP contribution in [0.25, 0.3) is 0 Å². The fourth-order valence-corrected chi connectivity index (χ4v) is 3.22. The molecule has 2 heterocycles. The molecule has 0 aliphatic carbocycles. The van der Waals surface area contributed by atoms with Gasteiger partial charge in [-0.15, -0.1) is 11.3 Å². The molecule has 8 heteroatoms. The average molecular weight is 352 g/mol. The van der Waals surface area contributed by atoms with Gasteiger partial charge in [-0.05, 0) is 44.6 Å². The lowest BCUT2D eigenvalue weighted by atomic mass is 10.3. The second kappa shape index (κ2) is 8.07. The molecular formula is C15H20N4O2S2. The number of nitrogens with zero attached hydrogens (tertiary/aromatic N) is 2. The molecule has 124 valence electrons. The first-order chi connectivity index (χ1) is 11.0. The van der Waals surface area contributed by atoms with E-state index in [9.17, 15) is 4.79 Å². The smallest absolute Gasteiger partial charge is 0.340 e. The van der Waals surface area contributed by atoms with E-state index in [1.165, 1.54) is 18.4 Å². The Labute approximate surface area is 144 Å². The van der Waals surface area contributed by atoms with Crippen molar-refractivity contribution in [2.24, 2.45) is 0 Å². The summed E-state index contributed by atoms with van der Waals surface area (Å²) in [6, 6.07) is 3.77. The van der Waals surface area contributed by atoms with Gasteiger partial charge < -0.3 is 15.4 Å². The van der Waals surface area contributed by atoms with E-state index >= 15 is 0 Å². The lowest BCUT2D eigenvalue weighted by molar-refractivity contribution is 0.0602. The highest BCUT2D eigenvalue weighted by Gasteiger charge is 2.16. The Balaban J connectivity index is 1.79. The molecule has 0 spiro atoms. The summed E-state index contributed by atoms with van der Waals surface area (Å²) < 4.78 is 6.68. The van der Waals surface area contributed by atoms with Crippen LogP contribution in [0.4, 0.5) is 5.00 Å². The molecule has 0 fully saturated rings. The number of nitrogens with one attached hydrogen (secondary N) is 2. The predicted octanol–water partition coefficient (Wildman–Crippen LogP) is 2.72. The van der Waals surface area contributed by atoms with Crippen LogP contribution in [0, 0.1) is 13.8 Å². The van der Waals surface area contributed by atoms with Gasteiger partial charge in [0.25, 0.3) is 0 Å². The van der Waals surface area contributed by atoms with Crippen LogP contribution >= 0.6 is 23.6 Å². The third kappa shape index (κ3) is 5.04. The molecular weight excluding hydrogens is 332 g/mol. The maximum atomic E-state index is 11.7. The second-order valence-corrected chi connectivity index (χ2v) is 6.71. The van der Waals surface area contributed by atoms with Gasteiger partial charge in [-0.25, -0.2) is 4.79 Å². The molecule has 2 aromatic heterocycles. The van der Waals surface area contributed by atoms with Gasteiger partial charge in [-0.1, -0.05) is 0 Å². The third-order valence-electron chi connectivity index (χ3n) is 3.11. The maximum Gasteiger partial charge on any atom is 0.340 e. The first-order valence-corrected chi connectivity index (χ1v) is 8.45. The summed E-state index contributed by atoms with van der Waals surface area (Å²) in [5.41, 5.74) is 1.52. The molecule has 2 N–H and O–H groups in total. The zero-order valence-corrected chi connectivity index (χ0v) is 15.0. The van der Waals surface area contributed by atoms with Gasteiger partial charge >= 0.3 is 5.97 Å². The number of thiocarbonyl (C=S) groups is 1. The highest BCUT2D eigenvalue weighted by molar-refractivity contribution is 7.80. The van der Waals surface area contributed by atoms with Crippen LogP contribution in [0.2, 0.25) is 0 Å². The number of rotatable bonds is 6. The Hall–Kier alpha value is -1.93. The molecule has 2 aromatic rings. The van der Waals surface area contributed by atoms with E-state index in [4.69, 9.17) is 17.0 Å². The van der Waals surface area contributed by atoms with Gasteiger partial charge in [-0.2, -0.15) is 5.10 Å². The zero-order valence-electron chi connectivity index (χ0n) is 13.4. The Kier molecular flexibility index (Phi) is 6.12. The van der Waals surface area contributed by atoms with E-state index in [1.54, 1.807) is 6.07 Å². The lowest BCUT2D eigenvalue weighted by Gasteiger charge is -2.10. The van der Waals surface area contributed by atoms with E-state index in [0.717, 1.165) is 30.1 Å². The van der Waals surface area contributed by atoms with Gasteiger partial charge in [-0.3, -0.25) is 4.68 Å². The molecule has 0 radical (unpaired) electrons. The maximum absolute atomic E-state index is 11.7. The van der Waals surface area contributed by atoms with Crippen molar-refractivity contribution in [3.63, 3.8) is 0 Å². The van der Waals surface area contributed by atoms with Gasteiger partial charge in [0.1, 0.15) is 5.00 Å². The molecule has 0 bridgehead atoms. The van der Waals surface area contributed by atoms with Crippen LogP contribution in [0.15, 0.2) is 18.3 Å². The van der Waals surface area contributed by atoms with E-state index in [2.05, 4.69) is 15.7 Å². The van der Waals surface area contributed by atoms with Crippen LogP contribution in [0.3, 0.4) is 0 Å². The number of thiophene rings is 1. The third-order valence-corrected chi connectivity index (χ3v) is 4.32. The number of aryl methyl sites for hydroxylation is 3. The summed E-state index contributed by atoms with van der Waals surface area (Å²) in [7, 11) is 1.37. The molecule has 2 rings (SSSR count). The largest absolute Gasteiger partial charge is 0.465 e. The highest BCUT2D eigenvalue weighted by atomic mass is 32.1. The van der Waals surface area contributed by atoms with Crippen LogP contribution < -0.4 is 10.6 Å². The zero-order chi connectivity index (χ0) is 16.8. The van der Waals surface area contributed by atoms with Gasteiger partial charge in [0, 0.05) is 24.2 Å². The Morgan fingerprint density at radius 3 is 2.91 bits per heavy atom. The van der Waals surface area contributed by atoms with E-state index in [-0.39, 0.29) is 5.97 Å². The number of esters is 1. The summed E-state index contributed by atoms with van der Waals surface area (Å²) in [6.07, 6.45) is 2.86. The quantitative estimate of drug-likeness (QED) is 0.473. The van der Waals surface area contributed by atoms with Crippen molar-refractivity contribution >= 4 is 39.6 Å². The minimum atomic E-state index is -0.367. The molecule has 0 amide bonds. The first-order valence-electron chi connectivity index (χ1n) is 7.23. The molecule has 0 aliphatic heterocycles. The van der Waals surface area contributed by atoms with E-state index < -0.39 is 0 Å². The number of aromatic nitrogens is 2. The molecule has 0 aliphatic rings. The number of hydrogen-bond donors (Lipinski definition) is 2. The molecule has 23 heavy (non-hydrogen) atoms. The Morgan fingerprint density at radius 1 is 1.48 bits per heavy atom.